The summed E-state index contributed by atoms with van der Waals surface area (Å²) in [7, 11) is -1.18. The quantitative estimate of drug-likeness (QED) is 0.168. The lowest BCUT2D eigenvalue weighted by molar-refractivity contribution is -0.0190. The number of alkyl halides is 2. The van der Waals surface area contributed by atoms with Gasteiger partial charge in [-0.25, -0.2) is 8.78 Å². The van der Waals surface area contributed by atoms with E-state index in [1.165, 1.54) is 44.9 Å². The van der Waals surface area contributed by atoms with Gasteiger partial charge < -0.3 is 0 Å². The van der Waals surface area contributed by atoms with Crippen molar-refractivity contribution in [2.75, 3.05) is 0 Å². The molecule has 0 aliphatic carbocycles. The Morgan fingerprint density at radius 3 is 1.62 bits per heavy atom. The summed E-state index contributed by atoms with van der Waals surface area (Å²) in [5.41, 5.74) is 3.42. The largest absolute Gasteiger partial charge is 0.248 e. The van der Waals surface area contributed by atoms with E-state index in [0.717, 1.165) is 19.3 Å². The average Bonchev–Trinajstić information content (AvgIpc) is 2.46. The molecule has 0 rings (SSSR count). The molecule has 0 bridgehead atoms. The van der Waals surface area contributed by atoms with Gasteiger partial charge in [0.05, 0.1) is 0 Å². The van der Waals surface area contributed by atoms with Gasteiger partial charge in [0, 0.05) is 19.3 Å². The van der Waals surface area contributed by atoms with Crippen LogP contribution in [0.5, 0.6) is 0 Å². The van der Waals surface area contributed by atoms with Crippen molar-refractivity contribution in [3.05, 3.63) is 0 Å². The topological polar surface area (TPSA) is 0 Å². The van der Waals surface area contributed by atoms with E-state index in [0.29, 0.717) is 12.8 Å². The van der Waals surface area contributed by atoms with Crippen LogP contribution in [-0.4, -0.2) is 14.0 Å². The fourth-order valence-corrected chi connectivity index (χ4v) is 3.48. The van der Waals surface area contributed by atoms with Crippen molar-refractivity contribution in [3.63, 3.8) is 0 Å². The first kappa shape index (κ1) is 23.6. The van der Waals surface area contributed by atoms with Crippen LogP contribution in [0.2, 0.25) is 19.6 Å². The van der Waals surface area contributed by atoms with Gasteiger partial charge in [0.15, 0.2) is 0 Å². The van der Waals surface area contributed by atoms with Crippen molar-refractivity contribution in [2.24, 2.45) is 0 Å². The lowest BCUT2D eigenvalue weighted by Gasteiger charge is -2.14. The molecule has 0 N–H and O–H groups in total. The van der Waals surface area contributed by atoms with E-state index in [-0.39, 0.29) is 12.8 Å². The normalized spacial score (nSPS) is 12.1. The van der Waals surface area contributed by atoms with Gasteiger partial charge in [-0.2, -0.15) is 0 Å². The van der Waals surface area contributed by atoms with Gasteiger partial charge in [-0.1, -0.05) is 84.4 Å². The summed E-state index contributed by atoms with van der Waals surface area (Å²) in [6, 6.07) is 0. The van der Waals surface area contributed by atoms with Crippen LogP contribution in [0.4, 0.5) is 8.78 Å². The molecule has 0 aliphatic rings. The fraction of sp³-hybridized carbons (Fsp3) is 0.905. The standard InChI is InChI=1S/C21H40F2Si/c1-5-18-21(22,23)19-16-14-12-10-8-6-7-9-11-13-15-17-20-24(2,3)4/h5-16,18-19H2,1-4H3. The molecule has 0 radical (unpaired) electrons. The summed E-state index contributed by atoms with van der Waals surface area (Å²) in [5, 5.41) is 0. The number of unbranched alkanes of at least 4 members (excludes halogenated alkanes) is 10. The van der Waals surface area contributed by atoms with Crippen molar-refractivity contribution in [2.45, 2.75) is 122 Å². The van der Waals surface area contributed by atoms with Gasteiger partial charge in [0.1, 0.15) is 8.07 Å². The van der Waals surface area contributed by atoms with Crippen molar-refractivity contribution >= 4 is 8.07 Å². The zero-order valence-corrected chi connectivity index (χ0v) is 17.7. The maximum atomic E-state index is 13.3. The minimum absolute atomic E-state index is 0.0523. The summed E-state index contributed by atoms with van der Waals surface area (Å²) < 4.78 is 26.6. The van der Waals surface area contributed by atoms with Crippen molar-refractivity contribution in [1.29, 1.82) is 0 Å². The second kappa shape index (κ2) is 13.9. The molecule has 24 heavy (non-hydrogen) atoms. The third-order valence-corrected chi connectivity index (χ3v) is 5.10. The lowest BCUT2D eigenvalue weighted by Crippen LogP contribution is -2.16. The molecule has 0 saturated heterocycles. The second-order valence-electron chi connectivity index (χ2n) is 8.19. The summed E-state index contributed by atoms with van der Waals surface area (Å²) in [5.74, 6) is 0.910. The molecule has 0 nitrogen and oxygen atoms in total. The van der Waals surface area contributed by atoms with E-state index in [9.17, 15) is 8.78 Å². The molecule has 0 aromatic heterocycles. The SMILES string of the molecule is CCCC(F)(F)CCCCCCCCCCCCC#C[Si](C)(C)C. The average molecular weight is 359 g/mol. The molecule has 0 unspecified atom stereocenters. The van der Waals surface area contributed by atoms with Crippen LogP contribution in [0.15, 0.2) is 0 Å². The molecular formula is C21H40F2Si. The first-order valence-electron chi connectivity index (χ1n) is 10.1. The van der Waals surface area contributed by atoms with Crippen molar-refractivity contribution < 1.29 is 8.78 Å². The number of hydrogen-bond donors (Lipinski definition) is 0. The summed E-state index contributed by atoms with van der Waals surface area (Å²) in [6.45, 7) is 8.69. The highest BCUT2D eigenvalue weighted by Crippen LogP contribution is 2.27. The highest BCUT2D eigenvalue weighted by atomic mass is 28.3. The molecule has 0 spiro atoms. The van der Waals surface area contributed by atoms with Gasteiger partial charge >= 0.3 is 0 Å². The van der Waals surface area contributed by atoms with Crippen molar-refractivity contribution in [3.8, 4) is 11.5 Å². The molecule has 3 heteroatoms. The predicted molar refractivity (Wildman–Crippen MR) is 106 cm³/mol. The molecule has 0 aromatic rings. The number of halogens is 2. The lowest BCUT2D eigenvalue weighted by atomic mass is 10.0. The van der Waals surface area contributed by atoms with Gasteiger partial charge in [-0.05, 0) is 12.8 Å². The Labute approximate surface area is 151 Å². The summed E-state index contributed by atoms with van der Waals surface area (Å²) >= 11 is 0. The molecule has 0 amide bonds. The van der Waals surface area contributed by atoms with E-state index >= 15 is 0 Å². The number of rotatable bonds is 14. The maximum absolute atomic E-state index is 13.3. The van der Waals surface area contributed by atoms with E-state index in [4.69, 9.17) is 0 Å². The summed E-state index contributed by atoms with van der Waals surface area (Å²) in [4.78, 5) is 0. The van der Waals surface area contributed by atoms with Crippen LogP contribution in [0.3, 0.4) is 0 Å². The Balaban J connectivity index is 3.27. The first-order valence-corrected chi connectivity index (χ1v) is 13.6. The van der Waals surface area contributed by atoms with E-state index in [1.54, 1.807) is 0 Å². The van der Waals surface area contributed by atoms with Crippen LogP contribution in [-0.2, 0) is 0 Å². The minimum Gasteiger partial charge on any atom is -0.207 e. The van der Waals surface area contributed by atoms with Gasteiger partial charge in [0.2, 0.25) is 5.92 Å². The Kier molecular flexibility index (Phi) is 13.7. The van der Waals surface area contributed by atoms with Crippen LogP contribution in [0, 0.1) is 11.5 Å². The van der Waals surface area contributed by atoms with Gasteiger partial charge in [-0.3, -0.25) is 0 Å². The van der Waals surface area contributed by atoms with E-state index in [1.807, 2.05) is 6.92 Å². The zero-order chi connectivity index (χ0) is 18.3. The minimum atomic E-state index is -2.42. The fourth-order valence-electron chi connectivity index (χ4n) is 2.83. The second-order valence-corrected chi connectivity index (χ2v) is 12.9. The van der Waals surface area contributed by atoms with E-state index in [2.05, 4.69) is 31.1 Å². The zero-order valence-electron chi connectivity index (χ0n) is 16.7. The Morgan fingerprint density at radius 1 is 0.708 bits per heavy atom. The molecular weight excluding hydrogens is 318 g/mol. The molecule has 0 aromatic carbocycles. The summed E-state index contributed by atoms with van der Waals surface area (Å²) in [6.07, 6.45) is 13.5. The maximum Gasteiger partial charge on any atom is 0.248 e. The third-order valence-electron chi connectivity index (χ3n) is 4.17. The monoisotopic (exact) mass is 358 g/mol. The van der Waals surface area contributed by atoms with Gasteiger partial charge in [-0.15, -0.1) is 11.5 Å². The first-order chi connectivity index (χ1) is 11.3. The molecule has 142 valence electrons. The molecule has 0 aliphatic heterocycles. The van der Waals surface area contributed by atoms with Crippen LogP contribution < -0.4 is 0 Å². The van der Waals surface area contributed by atoms with Crippen LogP contribution >= 0.6 is 0 Å². The smallest absolute Gasteiger partial charge is 0.207 e. The Bertz CT molecular complexity index is 347. The third kappa shape index (κ3) is 18.0. The van der Waals surface area contributed by atoms with E-state index < -0.39 is 14.0 Å². The molecule has 0 heterocycles. The Morgan fingerprint density at radius 2 is 1.17 bits per heavy atom. The van der Waals surface area contributed by atoms with Crippen LogP contribution in [0.1, 0.15) is 96.8 Å². The Hall–Kier alpha value is -0.363. The molecule has 0 atom stereocenters. The molecule has 0 fully saturated rings. The highest BCUT2D eigenvalue weighted by molar-refractivity contribution is 6.83. The van der Waals surface area contributed by atoms with Crippen LogP contribution in [0.25, 0.3) is 0 Å². The molecule has 0 saturated carbocycles. The predicted octanol–water partition coefficient (Wildman–Crippen LogP) is 7.98. The highest BCUT2D eigenvalue weighted by Gasteiger charge is 2.26. The van der Waals surface area contributed by atoms with Gasteiger partial charge in [0.25, 0.3) is 0 Å². The van der Waals surface area contributed by atoms with Crippen molar-refractivity contribution in [1.82, 2.24) is 0 Å². The number of hydrogen-bond acceptors (Lipinski definition) is 0.